The summed E-state index contributed by atoms with van der Waals surface area (Å²) < 4.78 is 9.71. The number of hydrogen-bond acceptors (Lipinski definition) is 4. The van der Waals surface area contributed by atoms with Crippen molar-refractivity contribution >= 4 is 11.9 Å². The minimum atomic E-state index is -0.382. The van der Waals surface area contributed by atoms with Crippen LogP contribution in [0.15, 0.2) is 0 Å². The molecule has 0 fully saturated rings. The summed E-state index contributed by atoms with van der Waals surface area (Å²) >= 11 is 0. The van der Waals surface area contributed by atoms with Crippen LogP contribution in [0.3, 0.4) is 0 Å². The quantitative estimate of drug-likeness (QED) is 0.605. The first-order valence-electron chi connectivity index (χ1n) is 5.46. The van der Waals surface area contributed by atoms with E-state index in [0.29, 0.717) is 19.8 Å². The molecule has 0 rings (SSSR count). The third-order valence-electron chi connectivity index (χ3n) is 2.00. The Labute approximate surface area is 96.7 Å². The molecule has 0 aromatic heterocycles. The standard InChI is InChI=1S/C11H21NO4/c1-5-16-10(13)8-12(6-7-15-4)11(14)9(2)3/h9H,5-8H2,1-4H3. The van der Waals surface area contributed by atoms with Gasteiger partial charge in [0.05, 0.1) is 13.2 Å². The normalized spacial score (nSPS) is 10.3. The lowest BCUT2D eigenvalue weighted by atomic mass is 10.2. The molecule has 0 saturated heterocycles. The average molecular weight is 231 g/mol. The smallest absolute Gasteiger partial charge is 0.325 e. The molecule has 0 heterocycles. The van der Waals surface area contributed by atoms with Crippen molar-refractivity contribution in [2.24, 2.45) is 5.92 Å². The average Bonchev–Trinajstić information content (AvgIpc) is 2.23. The lowest BCUT2D eigenvalue weighted by Gasteiger charge is -2.23. The minimum absolute atomic E-state index is 0.00574. The van der Waals surface area contributed by atoms with E-state index in [4.69, 9.17) is 9.47 Å². The van der Waals surface area contributed by atoms with Crippen LogP contribution >= 0.6 is 0 Å². The Kier molecular flexibility index (Phi) is 7.54. The predicted octanol–water partition coefficient (Wildman–Crippen LogP) is 0.680. The summed E-state index contributed by atoms with van der Waals surface area (Å²) in [5.74, 6) is -0.580. The third kappa shape index (κ3) is 5.70. The maximum absolute atomic E-state index is 11.8. The lowest BCUT2D eigenvalue weighted by molar-refractivity contribution is -0.150. The molecule has 94 valence electrons. The molecule has 0 aliphatic heterocycles. The van der Waals surface area contributed by atoms with E-state index in [1.165, 1.54) is 4.90 Å². The summed E-state index contributed by atoms with van der Waals surface area (Å²) in [7, 11) is 1.56. The highest BCUT2D eigenvalue weighted by molar-refractivity contribution is 5.83. The highest BCUT2D eigenvalue weighted by Crippen LogP contribution is 2.01. The molecule has 0 bridgehead atoms. The predicted molar refractivity (Wildman–Crippen MR) is 59.9 cm³/mol. The summed E-state index contributed by atoms with van der Waals surface area (Å²) in [5.41, 5.74) is 0. The monoisotopic (exact) mass is 231 g/mol. The number of esters is 1. The number of carbonyl (C=O) groups excluding carboxylic acids is 2. The topological polar surface area (TPSA) is 55.8 Å². The van der Waals surface area contributed by atoms with Crippen LogP contribution in [-0.2, 0) is 19.1 Å². The zero-order valence-corrected chi connectivity index (χ0v) is 10.5. The molecule has 0 spiro atoms. The molecule has 0 radical (unpaired) electrons. The van der Waals surface area contributed by atoms with Gasteiger partial charge in [0.25, 0.3) is 0 Å². The Morgan fingerprint density at radius 3 is 2.38 bits per heavy atom. The molecule has 0 saturated carbocycles. The second kappa shape index (κ2) is 8.10. The zero-order chi connectivity index (χ0) is 12.6. The molecule has 16 heavy (non-hydrogen) atoms. The highest BCUT2D eigenvalue weighted by Gasteiger charge is 2.19. The van der Waals surface area contributed by atoms with E-state index in [1.54, 1.807) is 27.9 Å². The minimum Gasteiger partial charge on any atom is -0.465 e. The van der Waals surface area contributed by atoms with Crippen LogP contribution in [0.4, 0.5) is 0 Å². The lowest BCUT2D eigenvalue weighted by Crippen LogP contribution is -2.40. The van der Waals surface area contributed by atoms with Gasteiger partial charge in [-0.05, 0) is 6.92 Å². The summed E-state index contributed by atoms with van der Waals surface area (Å²) in [5, 5.41) is 0. The Balaban J connectivity index is 4.30. The van der Waals surface area contributed by atoms with Gasteiger partial charge in [0.2, 0.25) is 5.91 Å². The van der Waals surface area contributed by atoms with Gasteiger partial charge in [-0.2, -0.15) is 0 Å². The van der Waals surface area contributed by atoms with Crippen LogP contribution in [0.5, 0.6) is 0 Å². The Morgan fingerprint density at radius 2 is 1.94 bits per heavy atom. The zero-order valence-electron chi connectivity index (χ0n) is 10.5. The van der Waals surface area contributed by atoms with Gasteiger partial charge in [-0.15, -0.1) is 0 Å². The number of methoxy groups -OCH3 is 1. The van der Waals surface area contributed by atoms with Crippen molar-refractivity contribution in [3.63, 3.8) is 0 Å². The molecular weight excluding hydrogens is 210 g/mol. The van der Waals surface area contributed by atoms with Crippen LogP contribution in [0.1, 0.15) is 20.8 Å². The SMILES string of the molecule is CCOC(=O)CN(CCOC)C(=O)C(C)C. The number of nitrogens with zero attached hydrogens (tertiary/aromatic N) is 1. The van der Waals surface area contributed by atoms with Gasteiger partial charge >= 0.3 is 5.97 Å². The van der Waals surface area contributed by atoms with Crippen molar-refractivity contribution in [2.45, 2.75) is 20.8 Å². The van der Waals surface area contributed by atoms with Crippen molar-refractivity contribution in [1.29, 1.82) is 0 Å². The highest BCUT2D eigenvalue weighted by atomic mass is 16.5. The summed E-state index contributed by atoms with van der Waals surface area (Å²) in [6.45, 7) is 6.48. The first-order valence-corrected chi connectivity index (χ1v) is 5.46. The van der Waals surface area contributed by atoms with Crippen LogP contribution in [0.2, 0.25) is 0 Å². The van der Waals surface area contributed by atoms with E-state index in [-0.39, 0.29) is 24.3 Å². The number of hydrogen-bond donors (Lipinski definition) is 0. The molecule has 0 N–H and O–H groups in total. The van der Waals surface area contributed by atoms with Crippen molar-refractivity contribution in [3.8, 4) is 0 Å². The first-order chi connectivity index (χ1) is 7.52. The Hall–Kier alpha value is -1.10. The van der Waals surface area contributed by atoms with E-state index < -0.39 is 0 Å². The fourth-order valence-electron chi connectivity index (χ4n) is 1.20. The summed E-state index contributed by atoms with van der Waals surface area (Å²) in [4.78, 5) is 24.5. The summed E-state index contributed by atoms with van der Waals surface area (Å²) in [6, 6.07) is 0. The fourth-order valence-corrected chi connectivity index (χ4v) is 1.20. The maximum atomic E-state index is 11.8. The van der Waals surface area contributed by atoms with Crippen molar-refractivity contribution in [2.75, 3.05) is 33.4 Å². The van der Waals surface area contributed by atoms with E-state index >= 15 is 0 Å². The second-order valence-electron chi connectivity index (χ2n) is 3.71. The van der Waals surface area contributed by atoms with Gasteiger partial charge in [0, 0.05) is 19.6 Å². The van der Waals surface area contributed by atoms with Gasteiger partial charge in [-0.3, -0.25) is 9.59 Å². The van der Waals surface area contributed by atoms with Crippen LogP contribution in [0, 0.1) is 5.92 Å². The molecule has 0 unspecified atom stereocenters. The van der Waals surface area contributed by atoms with Crippen LogP contribution in [-0.4, -0.2) is 50.2 Å². The third-order valence-corrected chi connectivity index (χ3v) is 2.00. The van der Waals surface area contributed by atoms with E-state index in [2.05, 4.69) is 0 Å². The van der Waals surface area contributed by atoms with Crippen molar-refractivity contribution in [1.82, 2.24) is 4.90 Å². The molecule has 0 atom stereocenters. The molecule has 0 aliphatic rings. The molecule has 1 amide bonds. The molecule has 0 aromatic carbocycles. The molecule has 0 aromatic rings. The van der Waals surface area contributed by atoms with Gasteiger partial charge in [-0.1, -0.05) is 13.8 Å². The van der Waals surface area contributed by atoms with Gasteiger partial charge < -0.3 is 14.4 Å². The van der Waals surface area contributed by atoms with Crippen molar-refractivity contribution in [3.05, 3.63) is 0 Å². The Morgan fingerprint density at radius 1 is 1.31 bits per heavy atom. The fraction of sp³-hybridized carbons (Fsp3) is 0.818. The molecule has 5 nitrogen and oxygen atoms in total. The number of amides is 1. The van der Waals surface area contributed by atoms with Gasteiger partial charge in [0.15, 0.2) is 0 Å². The molecule has 5 heteroatoms. The number of ether oxygens (including phenoxy) is 2. The number of carbonyl (C=O) groups is 2. The maximum Gasteiger partial charge on any atom is 0.325 e. The van der Waals surface area contributed by atoms with Gasteiger partial charge in [0.1, 0.15) is 6.54 Å². The molecule has 0 aliphatic carbocycles. The van der Waals surface area contributed by atoms with Crippen molar-refractivity contribution < 1.29 is 19.1 Å². The Bertz CT molecular complexity index is 228. The van der Waals surface area contributed by atoms with Gasteiger partial charge in [-0.25, -0.2) is 0 Å². The largest absolute Gasteiger partial charge is 0.465 e. The molecular formula is C11H21NO4. The first kappa shape index (κ1) is 14.9. The van der Waals surface area contributed by atoms with Crippen LogP contribution < -0.4 is 0 Å². The van der Waals surface area contributed by atoms with E-state index in [1.807, 2.05) is 0 Å². The second-order valence-corrected chi connectivity index (χ2v) is 3.71. The van der Waals surface area contributed by atoms with E-state index in [9.17, 15) is 9.59 Å². The summed E-state index contributed by atoms with van der Waals surface area (Å²) in [6.07, 6.45) is 0. The van der Waals surface area contributed by atoms with E-state index in [0.717, 1.165) is 0 Å². The van der Waals surface area contributed by atoms with Crippen LogP contribution in [0.25, 0.3) is 0 Å². The number of rotatable bonds is 7.